The normalized spacial score (nSPS) is 15.8. The Labute approximate surface area is 114 Å². The number of hydrogen-bond donors (Lipinski definition) is 2. The third-order valence-electron chi connectivity index (χ3n) is 2.65. The first kappa shape index (κ1) is 15.1. The van der Waals surface area contributed by atoms with Crippen molar-refractivity contribution in [2.45, 2.75) is 30.5 Å². The Morgan fingerprint density at radius 2 is 2.18 bits per heavy atom. The van der Waals surface area contributed by atoms with Gasteiger partial charge in [0.15, 0.2) is 0 Å². The Hall–Kier alpha value is 0.0500. The molecule has 0 radical (unpaired) electrons. The van der Waals surface area contributed by atoms with E-state index in [-0.39, 0.29) is 16.7 Å². The zero-order valence-corrected chi connectivity index (χ0v) is 12.9. The fourth-order valence-electron chi connectivity index (χ4n) is 1.32. The van der Waals surface area contributed by atoms with Crippen LogP contribution in [0.3, 0.4) is 0 Å². The van der Waals surface area contributed by atoms with Crippen molar-refractivity contribution in [3.8, 4) is 0 Å². The Balaban J connectivity index is 2.85. The van der Waals surface area contributed by atoms with Gasteiger partial charge < -0.3 is 5.11 Å². The van der Waals surface area contributed by atoms with Crippen LogP contribution < -0.4 is 4.72 Å². The second kappa shape index (κ2) is 6.29. The van der Waals surface area contributed by atoms with Crippen molar-refractivity contribution in [2.75, 3.05) is 6.61 Å². The van der Waals surface area contributed by atoms with Crippen LogP contribution in [0.2, 0.25) is 0 Å². The molecule has 1 aromatic rings. The van der Waals surface area contributed by atoms with Crippen LogP contribution in [0.1, 0.15) is 20.3 Å². The van der Waals surface area contributed by atoms with Crippen molar-refractivity contribution >= 4 is 37.3 Å². The van der Waals surface area contributed by atoms with E-state index in [9.17, 15) is 13.5 Å². The molecule has 98 valence electrons. The number of thiophene rings is 1. The summed E-state index contributed by atoms with van der Waals surface area (Å²) in [7, 11) is -3.53. The van der Waals surface area contributed by atoms with Gasteiger partial charge in [-0.15, -0.1) is 11.3 Å². The van der Waals surface area contributed by atoms with Crippen LogP contribution in [-0.4, -0.2) is 26.2 Å². The SMILES string of the molecule is CC[C@H](C)[C@@H](CO)NS(=O)(=O)c1ccc(Br)s1. The monoisotopic (exact) mass is 341 g/mol. The Morgan fingerprint density at radius 3 is 2.59 bits per heavy atom. The molecule has 0 saturated heterocycles. The van der Waals surface area contributed by atoms with Crippen LogP contribution in [0.4, 0.5) is 0 Å². The van der Waals surface area contributed by atoms with Crippen LogP contribution in [0.5, 0.6) is 0 Å². The summed E-state index contributed by atoms with van der Waals surface area (Å²) in [5, 5.41) is 9.21. The summed E-state index contributed by atoms with van der Waals surface area (Å²) < 4.78 is 27.6. The molecule has 0 aliphatic carbocycles. The minimum absolute atomic E-state index is 0.0955. The average Bonchev–Trinajstić information content (AvgIpc) is 2.72. The van der Waals surface area contributed by atoms with Gasteiger partial charge in [-0.3, -0.25) is 0 Å². The molecule has 17 heavy (non-hydrogen) atoms. The van der Waals surface area contributed by atoms with Gasteiger partial charge in [-0.05, 0) is 34.0 Å². The zero-order valence-electron chi connectivity index (χ0n) is 9.68. The topological polar surface area (TPSA) is 66.4 Å². The number of halogens is 1. The lowest BCUT2D eigenvalue weighted by molar-refractivity contribution is 0.219. The number of rotatable bonds is 6. The second-order valence-electron chi connectivity index (χ2n) is 3.85. The van der Waals surface area contributed by atoms with Crippen LogP contribution in [0.25, 0.3) is 0 Å². The number of nitrogens with one attached hydrogen (secondary N) is 1. The maximum absolute atomic E-state index is 12.0. The Bertz CT molecular complexity index is 458. The first-order valence-electron chi connectivity index (χ1n) is 5.29. The predicted molar refractivity (Wildman–Crippen MR) is 72.7 cm³/mol. The molecule has 0 fully saturated rings. The zero-order chi connectivity index (χ0) is 13.1. The molecule has 0 saturated carbocycles. The molecule has 0 aliphatic heterocycles. The summed E-state index contributed by atoms with van der Waals surface area (Å²) >= 11 is 4.38. The Morgan fingerprint density at radius 1 is 1.53 bits per heavy atom. The highest BCUT2D eigenvalue weighted by atomic mass is 79.9. The summed E-state index contributed by atoms with van der Waals surface area (Å²) in [6.45, 7) is 3.68. The first-order valence-corrected chi connectivity index (χ1v) is 8.38. The molecule has 1 heterocycles. The fourth-order valence-corrected chi connectivity index (χ4v) is 4.68. The molecule has 7 heteroatoms. The molecular weight excluding hydrogens is 326 g/mol. The number of hydrogen-bond acceptors (Lipinski definition) is 4. The van der Waals surface area contributed by atoms with Crippen molar-refractivity contribution in [1.29, 1.82) is 0 Å². The summed E-state index contributed by atoms with van der Waals surface area (Å²) in [5.41, 5.74) is 0. The van der Waals surface area contributed by atoms with Gasteiger partial charge >= 0.3 is 0 Å². The molecule has 0 spiro atoms. The van der Waals surface area contributed by atoms with Gasteiger partial charge in [-0.1, -0.05) is 20.3 Å². The summed E-state index contributed by atoms with van der Waals surface area (Å²) in [4.78, 5) is 0. The summed E-state index contributed by atoms with van der Waals surface area (Å²) in [5.74, 6) is 0.0955. The molecule has 4 nitrogen and oxygen atoms in total. The van der Waals surface area contributed by atoms with E-state index >= 15 is 0 Å². The van der Waals surface area contributed by atoms with E-state index in [0.29, 0.717) is 0 Å². The highest BCUT2D eigenvalue weighted by Gasteiger charge is 2.24. The average molecular weight is 342 g/mol. The van der Waals surface area contributed by atoms with Crippen molar-refractivity contribution in [3.63, 3.8) is 0 Å². The molecular formula is C10H16BrNO3S2. The molecule has 2 atom stereocenters. The highest BCUT2D eigenvalue weighted by Crippen LogP contribution is 2.26. The van der Waals surface area contributed by atoms with Crippen molar-refractivity contribution in [2.24, 2.45) is 5.92 Å². The summed E-state index contributed by atoms with van der Waals surface area (Å²) in [6.07, 6.45) is 0.807. The minimum atomic E-state index is -3.53. The van der Waals surface area contributed by atoms with E-state index in [4.69, 9.17) is 0 Å². The molecule has 0 bridgehead atoms. The predicted octanol–water partition coefficient (Wildman–Crippen LogP) is 2.20. The van der Waals surface area contributed by atoms with Gasteiger partial charge in [0.05, 0.1) is 10.4 Å². The smallest absolute Gasteiger partial charge is 0.250 e. The third kappa shape index (κ3) is 4.03. The molecule has 0 unspecified atom stereocenters. The lowest BCUT2D eigenvalue weighted by Gasteiger charge is -2.21. The standard InChI is InChI=1S/C10H16BrNO3S2/c1-3-7(2)8(6-13)12-17(14,15)10-5-4-9(11)16-10/h4-5,7-8,12-13H,3,6H2,1-2H3/t7-,8+/m0/s1. The molecule has 2 N–H and O–H groups in total. The van der Waals surface area contributed by atoms with Crippen molar-refractivity contribution in [3.05, 3.63) is 15.9 Å². The van der Waals surface area contributed by atoms with Gasteiger partial charge in [-0.25, -0.2) is 13.1 Å². The van der Waals surface area contributed by atoms with E-state index in [1.165, 1.54) is 0 Å². The van der Waals surface area contributed by atoms with E-state index in [2.05, 4.69) is 20.7 Å². The van der Waals surface area contributed by atoms with E-state index in [1.807, 2.05) is 13.8 Å². The molecule has 1 rings (SSSR count). The third-order valence-corrected chi connectivity index (χ3v) is 6.25. The van der Waals surface area contributed by atoms with Gasteiger partial charge in [0, 0.05) is 6.04 Å². The van der Waals surface area contributed by atoms with Crippen LogP contribution in [0, 0.1) is 5.92 Å². The van der Waals surface area contributed by atoms with Gasteiger partial charge in [0.25, 0.3) is 0 Å². The minimum Gasteiger partial charge on any atom is -0.395 e. The van der Waals surface area contributed by atoms with E-state index < -0.39 is 16.1 Å². The van der Waals surface area contributed by atoms with E-state index in [1.54, 1.807) is 12.1 Å². The largest absolute Gasteiger partial charge is 0.395 e. The maximum Gasteiger partial charge on any atom is 0.250 e. The Kier molecular flexibility index (Phi) is 5.59. The lowest BCUT2D eigenvalue weighted by Crippen LogP contribution is -2.41. The van der Waals surface area contributed by atoms with Crippen LogP contribution in [-0.2, 0) is 10.0 Å². The maximum atomic E-state index is 12.0. The molecule has 1 aromatic heterocycles. The molecule has 0 amide bonds. The number of sulfonamides is 1. The molecule has 0 aromatic carbocycles. The lowest BCUT2D eigenvalue weighted by atomic mass is 10.0. The molecule has 0 aliphatic rings. The van der Waals surface area contributed by atoms with Gasteiger partial charge in [-0.2, -0.15) is 0 Å². The van der Waals surface area contributed by atoms with E-state index in [0.717, 1.165) is 21.5 Å². The number of aliphatic hydroxyl groups excluding tert-OH is 1. The highest BCUT2D eigenvalue weighted by molar-refractivity contribution is 9.11. The van der Waals surface area contributed by atoms with Crippen LogP contribution >= 0.6 is 27.3 Å². The summed E-state index contributed by atoms with van der Waals surface area (Å²) in [6, 6.07) is 2.80. The second-order valence-corrected chi connectivity index (χ2v) is 8.26. The number of aliphatic hydroxyl groups is 1. The quantitative estimate of drug-likeness (QED) is 0.833. The van der Waals surface area contributed by atoms with Gasteiger partial charge in [0.2, 0.25) is 10.0 Å². The van der Waals surface area contributed by atoms with Crippen LogP contribution in [0.15, 0.2) is 20.1 Å². The van der Waals surface area contributed by atoms with Gasteiger partial charge in [0.1, 0.15) is 4.21 Å². The van der Waals surface area contributed by atoms with Crippen molar-refractivity contribution in [1.82, 2.24) is 4.72 Å². The van der Waals surface area contributed by atoms with Crippen molar-refractivity contribution < 1.29 is 13.5 Å². The fraction of sp³-hybridized carbons (Fsp3) is 0.600. The first-order chi connectivity index (χ1) is 7.90.